The van der Waals surface area contributed by atoms with Crippen molar-refractivity contribution in [2.75, 3.05) is 13.7 Å². The van der Waals surface area contributed by atoms with Crippen LogP contribution in [0, 0.1) is 0 Å². The average molecular weight is 188 g/mol. The molecule has 0 saturated carbocycles. The highest BCUT2D eigenvalue weighted by atomic mass is 16.6. The van der Waals surface area contributed by atoms with E-state index < -0.39 is 0 Å². The van der Waals surface area contributed by atoms with E-state index in [9.17, 15) is 9.59 Å². The average Bonchev–Trinajstić information content (AvgIpc) is 2.91. The highest BCUT2D eigenvalue weighted by Gasteiger charge is 2.26. The zero-order valence-electron chi connectivity index (χ0n) is 8.24. The molecular weight excluding hydrogens is 172 g/mol. The Bertz CT molecular complexity index is 170. The molecule has 1 fully saturated rings. The van der Waals surface area contributed by atoms with Gasteiger partial charge in [0, 0.05) is 7.11 Å². The van der Waals surface area contributed by atoms with Crippen LogP contribution in [0.5, 0.6) is 0 Å². The maximum Gasteiger partial charge on any atom is 0.160 e. The Kier molecular flexibility index (Phi) is 10.2. The quantitative estimate of drug-likeness (QED) is 0.501. The molecule has 1 saturated heterocycles. The second kappa shape index (κ2) is 9.09. The Morgan fingerprint density at radius 2 is 1.77 bits per heavy atom. The first kappa shape index (κ1) is 14.5. The maximum absolute atomic E-state index is 10.1. The van der Waals surface area contributed by atoms with Crippen LogP contribution in [0.1, 0.15) is 13.8 Å². The maximum atomic E-state index is 10.1. The number of aliphatic hydroxyl groups excluding tert-OH is 1. The predicted molar refractivity (Wildman–Crippen MR) is 49.4 cm³/mol. The summed E-state index contributed by atoms with van der Waals surface area (Å²) in [7, 11) is 1.00. The molecule has 0 radical (unpaired) electrons. The third-order valence-corrected chi connectivity index (χ3v) is 1.07. The van der Waals surface area contributed by atoms with E-state index in [1.54, 1.807) is 0 Å². The number of rotatable bonds is 2. The summed E-state index contributed by atoms with van der Waals surface area (Å²) < 4.78 is 4.62. The first-order valence-corrected chi connectivity index (χ1v) is 3.77. The number of allylic oxidation sites excluding steroid dienone is 1. The molecule has 76 valence electrons. The summed E-state index contributed by atoms with van der Waals surface area (Å²) in [5.41, 5.74) is 0. The number of carbonyl (C=O) groups excluding carboxylic acids is 2. The molecule has 0 bridgehead atoms. The zero-order chi connectivity index (χ0) is 10.9. The molecule has 1 N–H and O–H groups in total. The molecule has 0 aliphatic carbocycles. The Morgan fingerprint density at radius 3 is 1.77 bits per heavy atom. The van der Waals surface area contributed by atoms with E-state index in [0.29, 0.717) is 6.61 Å². The van der Waals surface area contributed by atoms with Gasteiger partial charge in [0.1, 0.15) is 6.10 Å². The fourth-order valence-electron chi connectivity index (χ4n) is 0.283. The van der Waals surface area contributed by atoms with Crippen LogP contribution < -0.4 is 0 Å². The molecule has 0 amide bonds. The molecule has 1 aliphatic rings. The number of carbonyl (C=O) groups is 2. The Morgan fingerprint density at radius 1 is 1.46 bits per heavy atom. The van der Waals surface area contributed by atoms with Crippen LogP contribution in [0.25, 0.3) is 0 Å². The summed E-state index contributed by atoms with van der Waals surface area (Å²) >= 11 is 0. The number of ketones is 2. The lowest BCUT2D eigenvalue weighted by Gasteiger charge is -1.72. The van der Waals surface area contributed by atoms with Crippen LogP contribution in [0.2, 0.25) is 0 Å². The number of Topliss-reactive ketones (excluding diaryl/α,β-unsaturated/α-hetero) is 1. The van der Waals surface area contributed by atoms with E-state index in [2.05, 4.69) is 11.3 Å². The summed E-state index contributed by atoms with van der Waals surface area (Å²) in [5, 5.41) is 7.00. The summed E-state index contributed by atoms with van der Waals surface area (Å²) in [5.74, 6) is 0.167. The molecule has 1 aliphatic heterocycles. The van der Waals surface area contributed by atoms with E-state index >= 15 is 0 Å². The molecule has 1 rings (SSSR count). The molecule has 1 atom stereocenters. The van der Waals surface area contributed by atoms with Gasteiger partial charge in [-0.1, -0.05) is 6.58 Å². The standard InChI is InChI=1S/C4H6O2.C4H6O.CH4O/c1-3(5)4-2-6-4;1-3-4(2)5;1-2/h4H,2H2,1H3;3H,1H2,2H3;2H,1H3. The largest absolute Gasteiger partial charge is 0.400 e. The number of aliphatic hydroxyl groups is 1. The van der Waals surface area contributed by atoms with Crippen molar-refractivity contribution in [1.82, 2.24) is 0 Å². The number of ether oxygens (including phenoxy) is 1. The van der Waals surface area contributed by atoms with Crippen molar-refractivity contribution in [3.8, 4) is 0 Å². The molecule has 4 heteroatoms. The third-order valence-electron chi connectivity index (χ3n) is 1.07. The monoisotopic (exact) mass is 188 g/mol. The van der Waals surface area contributed by atoms with Crippen LogP contribution >= 0.6 is 0 Å². The van der Waals surface area contributed by atoms with Crippen molar-refractivity contribution in [1.29, 1.82) is 0 Å². The van der Waals surface area contributed by atoms with Gasteiger partial charge in [0.25, 0.3) is 0 Å². The summed E-state index contributed by atoms with van der Waals surface area (Å²) in [6.45, 7) is 6.86. The molecule has 0 spiro atoms. The van der Waals surface area contributed by atoms with Crippen LogP contribution in [0.15, 0.2) is 12.7 Å². The zero-order valence-corrected chi connectivity index (χ0v) is 8.24. The minimum atomic E-state index is -0.0370. The van der Waals surface area contributed by atoms with Crippen molar-refractivity contribution < 1.29 is 19.4 Å². The van der Waals surface area contributed by atoms with E-state index in [4.69, 9.17) is 5.11 Å². The van der Waals surface area contributed by atoms with Crippen molar-refractivity contribution in [2.24, 2.45) is 0 Å². The minimum absolute atomic E-state index is 0.0185. The molecule has 13 heavy (non-hydrogen) atoms. The highest BCUT2D eigenvalue weighted by Crippen LogP contribution is 2.07. The fraction of sp³-hybridized carbons (Fsp3) is 0.556. The van der Waals surface area contributed by atoms with E-state index in [0.717, 1.165) is 7.11 Å². The number of hydrogen-bond acceptors (Lipinski definition) is 4. The normalized spacial score (nSPS) is 16.8. The number of hydrogen-bond donors (Lipinski definition) is 1. The van der Waals surface area contributed by atoms with Crippen LogP contribution in [0.3, 0.4) is 0 Å². The topological polar surface area (TPSA) is 66.9 Å². The van der Waals surface area contributed by atoms with Gasteiger partial charge in [-0.25, -0.2) is 0 Å². The first-order chi connectivity index (χ1) is 6.07. The lowest BCUT2D eigenvalue weighted by molar-refractivity contribution is -0.118. The fourth-order valence-corrected chi connectivity index (χ4v) is 0.283. The SMILES string of the molecule is C=CC(C)=O.CC(=O)C1CO1.CO. The lowest BCUT2D eigenvalue weighted by Crippen LogP contribution is -1.97. The minimum Gasteiger partial charge on any atom is -0.400 e. The van der Waals surface area contributed by atoms with Gasteiger partial charge >= 0.3 is 0 Å². The number of epoxide rings is 1. The molecule has 1 unspecified atom stereocenters. The highest BCUT2D eigenvalue weighted by molar-refractivity contribution is 5.86. The van der Waals surface area contributed by atoms with Crippen molar-refractivity contribution in [3.05, 3.63) is 12.7 Å². The van der Waals surface area contributed by atoms with Crippen molar-refractivity contribution in [3.63, 3.8) is 0 Å². The van der Waals surface area contributed by atoms with Crippen LogP contribution in [-0.4, -0.2) is 36.5 Å². The summed E-state index contributed by atoms with van der Waals surface area (Å²) in [4.78, 5) is 19.8. The Balaban J connectivity index is 0. The van der Waals surface area contributed by atoms with Gasteiger partial charge < -0.3 is 9.84 Å². The van der Waals surface area contributed by atoms with Gasteiger partial charge in [0.15, 0.2) is 11.6 Å². The van der Waals surface area contributed by atoms with Gasteiger partial charge in [-0.15, -0.1) is 0 Å². The molecule has 0 aromatic carbocycles. The van der Waals surface area contributed by atoms with Gasteiger partial charge in [0.05, 0.1) is 6.61 Å². The van der Waals surface area contributed by atoms with Crippen molar-refractivity contribution >= 4 is 11.6 Å². The summed E-state index contributed by atoms with van der Waals surface area (Å²) in [6, 6.07) is 0. The molecular formula is C9H16O4. The molecule has 0 aromatic heterocycles. The van der Waals surface area contributed by atoms with Gasteiger partial charge in [-0.2, -0.15) is 0 Å². The summed E-state index contributed by atoms with van der Waals surface area (Å²) in [6.07, 6.45) is 1.24. The third kappa shape index (κ3) is 13.9. The van der Waals surface area contributed by atoms with Crippen LogP contribution in [-0.2, 0) is 14.3 Å². The van der Waals surface area contributed by atoms with Gasteiger partial charge in [-0.3, -0.25) is 9.59 Å². The Labute approximate surface area is 78.2 Å². The second-order valence-electron chi connectivity index (χ2n) is 2.25. The lowest BCUT2D eigenvalue weighted by atomic mass is 10.3. The molecule has 1 heterocycles. The Hall–Kier alpha value is -1.00. The molecule has 4 nitrogen and oxygen atoms in total. The first-order valence-electron chi connectivity index (χ1n) is 3.77. The smallest absolute Gasteiger partial charge is 0.160 e. The van der Waals surface area contributed by atoms with Gasteiger partial charge in [-0.05, 0) is 19.9 Å². The van der Waals surface area contributed by atoms with Crippen LogP contribution in [0.4, 0.5) is 0 Å². The second-order valence-corrected chi connectivity index (χ2v) is 2.25. The van der Waals surface area contributed by atoms with E-state index in [-0.39, 0.29) is 17.7 Å². The van der Waals surface area contributed by atoms with Gasteiger partial charge in [0.2, 0.25) is 0 Å². The molecule has 0 aromatic rings. The van der Waals surface area contributed by atoms with E-state index in [1.165, 1.54) is 19.9 Å². The van der Waals surface area contributed by atoms with Crippen molar-refractivity contribution in [2.45, 2.75) is 20.0 Å². The predicted octanol–water partition coefficient (Wildman–Crippen LogP) is 0.344. The van der Waals surface area contributed by atoms with E-state index in [1.807, 2.05) is 0 Å².